The van der Waals surface area contributed by atoms with Crippen molar-refractivity contribution in [2.45, 2.75) is 18.4 Å². The van der Waals surface area contributed by atoms with Crippen LogP contribution in [0.15, 0.2) is 41.3 Å². The Morgan fingerprint density at radius 3 is 2.10 bits per heavy atom. The SMILES string of the molecule is CCNC(=O)c1cc(S(=O)(=O)N(C)Cc2c(OC)cccc2OC)ccc1OC. The number of hydrogen-bond donors (Lipinski definition) is 1. The van der Waals surface area contributed by atoms with Gasteiger partial charge in [-0.25, -0.2) is 8.42 Å². The second-order valence-corrected chi connectivity index (χ2v) is 8.17. The van der Waals surface area contributed by atoms with Crippen molar-refractivity contribution in [3.05, 3.63) is 47.5 Å². The van der Waals surface area contributed by atoms with Crippen molar-refractivity contribution in [2.24, 2.45) is 0 Å². The molecule has 9 heteroatoms. The number of ether oxygens (including phenoxy) is 3. The fourth-order valence-electron chi connectivity index (χ4n) is 2.85. The van der Waals surface area contributed by atoms with Crippen LogP contribution in [0.3, 0.4) is 0 Å². The van der Waals surface area contributed by atoms with Crippen LogP contribution in [-0.4, -0.2) is 53.6 Å². The number of carbonyl (C=O) groups is 1. The number of methoxy groups -OCH3 is 3. The Morgan fingerprint density at radius 1 is 1.00 bits per heavy atom. The van der Waals surface area contributed by atoms with Gasteiger partial charge in [0.2, 0.25) is 10.0 Å². The van der Waals surface area contributed by atoms with E-state index in [1.54, 1.807) is 25.1 Å². The lowest BCUT2D eigenvalue weighted by atomic mass is 10.1. The molecule has 158 valence electrons. The zero-order valence-electron chi connectivity index (χ0n) is 17.2. The van der Waals surface area contributed by atoms with Gasteiger partial charge in [-0.05, 0) is 37.3 Å². The molecular weight excluding hydrogens is 396 g/mol. The molecule has 0 aromatic heterocycles. The first-order valence-corrected chi connectivity index (χ1v) is 10.4. The van der Waals surface area contributed by atoms with Crippen LogP contribution in [0.1, 0.15) is 22.8 Å². The van der Waals surface area contributed by atoms with Crippen LogP contribution in [0.4, 0.5) is 0 Å². The molecule has 0 aliphatic heterocycles. The normalized spacial score (nSPS) is 11.2. The molecule has 0 aliphatic carbocycles. The maximum absolute atomic E-state index is 13.1. The highest BCUT2D eigenvalue weighted by Gasteiger charge is 2.26. The summed E-state index contributed by atoms with van der Waals surface area (Å²) >= 11 is 0. The second kappa shape index (κ2) is 9.62. The minimum Gasteiger partial charge on any atom is -0.496 e. The summed E-state index contributed by atoms with van der Waals surface area (Å²) < 4.78 is 43.3. The first-order valence-electron chi connectivity index (χ1n) is 8.92. The molecule has 0 bridgehead atoms. The molecule has 29 heavy (non-hydrogen) atoms. The Hall–Kier alpha value is -2.78. The zero-order chi connectivity index (χ0) is 21.6. The van der Waals surface area contributed by atoms with Crippen molar-refractivity contribution in [1.29, 1.82) is 0 Å². The molecule has 1 amide bonds. The lowest BCUT2D eigenvalue weighted by molar-refractivity contribution is 0.0952. The summed E-state index contributed by atoms with van der Waals surface area (Å²) in [4.78, 5) is 12.3. The first-order chi connectivity index (χ1) is 13.8. The van der Waals surface area contributed by atoms with Gasteiger partial charge in [0.25, 0.3) is 5.91 Å². The zero-order valence-corrected chi connectivity index (χ0v) is 18.0. The van der Waals surface area contributed by atoms with E-state index in [0.29, 0.717) is 29.4 Å². The van der Waals surface area contributed by atoms with Crippen LogP contribution in [0.2, 0.25) is 0 Å². The molecule has 0 aliphatic rings. The summed E-state index contributed by atoms with van der Waals surface area (Å²) in [5, 5.41) is 2.65. The molecule has 2 aromatic rings. The van der Waals surface area contributed by atoms with Gasteiger partial charge in [0.05, 0.1) is 37.4 Å². The highest BCUT2D eigenvalue weighted by atomic mass is 32.2. The minimum absolute atomic E-state index is 0.0177. The Bertz CT molecular complexity index is 953. The molecule has 8 nitrogen and oxygen atoms in total. The molecule has 0 spiro atoms. The molecule has 1 N–H and O–H groups in total. The molecule has 0 saturated heterocycles. The summed E-state index contributed by atoms with van der Waals surface area (Å²) in [5.41, 5.74) is 0.750. The number of hydrogen-bond acceptors (Lipinski definition) is 6. The summed E-state index contributed by atoms with van der Waals surface area (Å²) in [5.74, 6) is 0.924. The van der Waals surface area contributed by atoms with E-state index in [4.69, 9.17) is 14.2 Å². The number of benzene rings is 2. The van der Waals surface area contributed by atoms with Gasteiger partial charge in [0.1, 0.15) is 17.2 Å². The highest BCUT2D eigenvalue weighted by Crippen LogP contribution is 2.31. The number of rotatable bonds is 9. The lowest BCUT2D eigenvalue weighted by Gasteiger charge is -2.21. The van der Waals surface area contributed by atoms with E-state index in [1.165, 1.54) is 50.9 Å². The van der Waals surface area contributed by atoms with E-state index in [-0.39, 0.29) is 17.0 Å². The highest BCUT2D eigenvalue weighted by molar-refractivity contribution is 7.89. The molecule has 0 radical (unpaired) electrons. The standard InChI is InChI=1S/C20H26N2O6S/c1-6-21-20(23)15-12-14(10-11-19(15)28-5)29(24,25)22(2)13-16-17(26-3)8-7-9-18(16)27-4/h7-12H,6,13H2,1-5H3,(H,21,23). The van der Waals surface area contributed by atoms with Crippen molar-refractivity contribution >= 4 is 15.9 Å². The number of nitrogens with zero attached hydrogens (tertiary/aromatic N) is 1. The van der Waals surface area contributed by atoms with Crippen molar-refractivity contribution < 1.29 is 27.4 Å². The van der Waals surface area contributed by atoms with Gasteiger partial charge in [0.15, 0.2) is 0 Å². The van der Waals surface area contributed by atoms with E-state index >= 15 is 0 Å². The molecular formula is C20H26N2O6S. The van der Waals surface area contributed by atoms with Gasteiger partial charge in [0, 0.05) is 20.1 Å². The Balaban J connectivity index is 2.43. The average Bonchev–Trinajstić information content (AvgIpc) is 2.73. The van der Waals surface area contributed by atoms with Gasteiger partial charge < -0.3 is 19.5 Å². The summed E-state index contributed by atoms with van der Waals surface area (Å²) in [6.45, 7) is 2.21. The van der Waals surface area contributed by atoms with E-state index in [1.807, 2.05) is 0 Å². The fraction of sp³-hybridized carbons (Fsp3) is 0.350. The Kier molecular flexibility index (Phi) is 7.46. The number of carbonyl (C=O) groups excluding carboxylic acids is 1. The van der Waals surface area contributed by atoms with Gasteiger partial charge in [-0.1, -0.05) is 6.07 Å². The molecule has 0 heterocycles. The fourth-order valence-corrected chi connectivity index (χ4v) is 4.02. The molecule has 0 atom stereocenters. The van der Waals surface area contributed by atoms with Crippen molar-refractivity contribution in [2.75, 3.05) is 34.9 Å². The van der Waals surface area contributed by atoms with Gasteiger partial charge in [-0.15, -0.1) is 0 Å². The quantitative estimate of drug-likeness (QED) is 0.666. The van der Waals surface area contributed by atoms with Crippen LogP contribution in [-0.2, 0) is 16.6 Å². The monoisotopic (exact) mass is 422 g/mol. The first kappa shape index (κ1) is 22.5. The third kappa shape index (κ3) is 4.80. The summed E-state index contributed by atoms with van der Waals surface area (Å²) in [6, 6.07) is 9.42. The topological polar surface area (TPSA) is 94.2 Å². The number of amides is 1. The molecule has 0 fully saturated rings. The maximum atomic E-state index is 13.1. The number of sulfonamides is 1. The predicted molar refractivity (Wildman–Crippen MR) is 109 cm³/mol. The number of nitrogens with one attached hydrogen (secondary N) is 1. The van der Waals surface area contributed by atoms with Crippen LogP contribution in [0.25, 0.3) is 0 Å². The predicted octanol–water partition coefficient (Wildman–Crippen LogP) is 2.28. The van der Waals surface area contributed by atoms with E-state index < -0.39 is 15.9 Å². The van der Waals surface area contributed by atoms with Crippen molar-refractivity contribution in [3.63, 3.8) is 0 Å². The third-order valence-electron chi connectivity index (χ3n) is 4.37. The Labute approximate surface area is 171 Å². The molecule has 0 saturated carbocycles. The van der Waals surface area contributed by atoms with E-state index in [9.17, 15) is 13.2 Å². The molecule has 2 rings (SSSR count). The largest absolute Gasteiger partial charge is 0.496 e. The third-order valence-corrected chi connectivity index (χ3v) is 6.17. The van der Waals surface area contributed by atoms with E-state index in [2.05, 4.69) is 5.32 Å². The van der Waals surface area contributed by atoms with E-state index in [0.717, 1.165) is 0 Å². The van der Waals surface area contributed by atoms with Crippen LogP contribution < -0.4 is 19.5 Å². The maximum Gasteiger partial charge on any atom is 0.255 e. The Morgan fingerprint density at radius 2 is 1.59 bits per heavy atom. The summed E-state index contributed by atoms with van der Waals surface area (Å²) in [6.07, 6.45) is 0. The minimum atomic E-state index is -3.90. The van der Waals surface area contributed by atoms with Crippen LogP contribution >= 0.6 is 0 Å². The summed E-state index contributed by atoms with van der Waals surface area (Å²) in [7, 11) is 2.00. The molecule has 2 aromatic carbocycles. The smallest absolute Gasteiger partial charge is 0.255 e. The van der Waals surface area contributed by atoms with Crippen molar-refractivity contribution in [1.82, 2.24) is 9.62 Å². The average molecular weight is 423 g/mol. The van der Waals surface area contributed by atoms with Crippen LogP contribution in [0.5, 0.6) is 17.2 Å². The second-order valence-electron chi connectivity index (χ2n) is 6.12. The van der Waals surface area contributed by atoms with Gasteiger partial charge >= 0.3 is 0 Å². The van der Waals surface area contributed by atoms with Crippen molar-refractivity contribution in [3.8, 4) is 17.2 Å². The van der Waals surface area contributed by atoms with Gasteiger partial charge in [-0.2, -0.15) is 4.31 Å². The van der Waals surface area contributed by atoms with Crippen LogP contribution in [0, 0.1) is 0 Å². The van der Waals surface area contributed by atoms with Gasteiger partial charge in [-0.3, -0.25) is 4.79 Å². The molecule has 0 unspecified atom stereocenters. The lowest BCUT2D eigenvalue weighted by Crippen LogP contribution is -2.28.